The van der Waals surface area contributed by atoms with Gasteiger partial charge >= 0.3 is 0 Å². The highest BCUT2D eigenvalue weighted by molar-refractivity contribution is 7.92. The number of carbonyl (C=O) groups is 2. The van der Waals surface area contributed by atoms with E-state index in [0.717, 1.165) is 9.87 Å². The molecule has 4 aromatic rings. The van der Waals surface area contributed by atoms with Crippen molar-refractivity contribution in [3.8, 4) is 11.5 Å². The summed E-state index contributed by atoms with van der Waals surface area (Å²) in [6, 6.07) is 25.6. The first-order chi connectivity index (χ1) is 23.0. The Kier molecular flexibility index (Phi) is 12.7. The molecular formula is C36H39Cl2N3O6S. The number of hydrogen-bond donors (Lipinski definition) is 1. The predicted octanol–water partition coefficient (Wildman–Crippen LogP) is 6.76. The predicted molar refractivity (Wildman–Crippen MR) is 189 cm³/mol. The van der Waals surface area contributed by atoms with Crippen molar-refractivity contribution in [3.05, 3.63) is 118 Å². The van der Waals surface area contributed by atoms with Gasteiger partial charge in [-0.1, -0.05) is 84.7 Å². The van der Waals surface area contributed by atoms with Crippen molar-refractivity contribution in [2.75, 3.05) is 25.1 Å². The van der Waals surface area contributed by atoms with Gasteiger partial charge in [-0.2, -0.15) is 0 Å². The second-order valence-electron chi connectivity index (χ2n) is 11.2. The average molecular weight is 713 g/mol. The molecule has 0 aliphatic carbocycles. The van der Waals surface area contributed by atoms with E-state index < -0.39 is 28.5 Å². The van der Waals surface area contributed by atoms with E-state index in [0.29, 0.717) is 22.8 Å². The van der Waals surface area contributed by atoms with Crippen LogP contribution in [0.4, 0.5) is 5.69 Å². The third-order valence-corrected chi connectivity index (χ3v) is 10.4. The first-order valence-electron chi connectivity index (χ1n) is 15.4. The molecule has 0 spiro atoms. The fourth-order valence-corrected chi connectivity index (χ4v) is 6.81. The summed E-state index contributed by atoms with van der Waals surface area (Å²) in [4.78, 5) is 30.1. The van der Waals surface area contributed by atoms with Crippen molar-refractivity contribution in [2.24, 2.45) is 0 Å². The van der Waals surface area contributed by atoms with E-state index in [9.17, 15) is 18.0 Å². The highest BCUT2D eigenvalue weighted by Crippen LogP contribution is 2.36. The van der Waals surface area contributed by atoms with Gasteiger partial charge in [0.1, 0.15) is 24.1 Å². The van der Waals surface area contributed by atoms with Crippen LogP contribution in [0.25, 0.3) is 0 Å². The number of hydrogen-bond acceptors (Lipinski definition) is 6. The van der Waals surface area contributed by atoms with Gasteiger partial charge in [0.15, 0.2) is 0 Å². The Morgan fingerprint density at radius 1 is 0.833 bits per heavy atom. The summed E-state index contributed by atoms with van der Waals surface area (Å²) in [5, 5.41) is 3.63. The van der Waals surface area contributed by atoms with Gasteiger partial charge < -0.3 is 19.7 Å². The van der Waals surface area contributed by atoms with Gasteiger partial charge in [0.05, 0.1) is 34.8 Å². The molecule has 0 fully saturated rings. The quantitative estimate of drug-likeness (QED) is 0.146. The fourth-order valence-electron chi connectivity index (χ4n) is 5.05. The monoisotopic (exact) mass is 711 g/mol. The maximum atomic E-state index is 14.7. The van der Waals surface area contributed by atoms with Crippen molar-refractivity contribution in [1.29, 1.82) is 0 Å². The summed E-state index contributed by atoms with van der Waals surface area (Å²) in [7, 11) is -1.48. The van der Waals surface area contributed by atoms with Gasteiger partial charge in [0.25, 0.3) is 10.0 Å². The van der Waals surface area contributed by atoms with E-state index >= 15 is 0 Å². The second kappa shape index (κ2) is 16.7. The SMILES string of the molecule is CC[C@@H](C)NC(=O)[C@@H](Cc1ccccc1)N(Cc1ccc(Cl)c(Cl)c1)C(=O)CN(c1cc(OC)ccc1OC)S(=O)(=O)c1ccccc1. The molecule has 0 unspecified atom stereocenters. The Morgan fingerprint density at radius 2 is 1.50 bits per heavy atom. The van der Waals surface area contributed by atoms with Crippen LogP contribution < -0.4 is 19.1 Å². The summed E-state index contributed by atoms with van der Waals surface area (Å²) < 4.78 is 40.6. The molecule has 4 aromatic carbocycles. The minimum Gasteiger partial charge on any atom is -0.497 e. The van der Waals surface area contributed by atoms with Gasteiger partial charge in [-0.3, -0.25) is 13.9 Å². The molecule has 9 nitrogen and oxygen atoms in total. The van der Waals surface area contributed by atoms with Gasteiger partial charge in [0.2, 0.25) is 11.8 Å². The van der Waals surface area contributed by atoms with Crippen LogP contribution in [0.2, 0.25) is 10.0 Å². The summed E-state index contributed by atoms with van der Waals surface area (Å²) in [5.41, 5.74) is 1.51. The summed E-state index contributed by atoms with van der Waals surface area (Å²) >= 11 is 12.6. The molecule has 254 valence electrons. The largest absolute Gasteiger partial charge is 0.497 e. The van der Waals surface area contributed by atoms with E-state index in [1.165, 1.54) is 37.3 Å². The number of ether oxygens (including phenoxy) is 2. The van der Waals surface area contributed by atoms with Gasteiger partial charge in [-0.05, 0) is 60.9 Å². The van der Waals surface area contributed by atoms with Crippen LogP contribution in [-0.4, -0.2) is 58.0 Å². The van der Waals surface area contributed by atoms with E-state index in [1.54, 1.807) is 48.5 Å². The normalized spacial score (nSPS) is 12.5. The van der Waals surface area contributed by atoms with E-state index in [2.05, 4.69) is 5.32 Å². The lowest BCUT2D eigenvalue weighted by Gasteiger charge is -2.34. The number of amides is 2. The lowest BCUT2D eigenvalue weighted by atomic mass is 10.0. The Morgan fingerprint density at radius 3 is 2.10 bits per heavy atom. The lowest BCUT2D eigenvalue weighted by molar-refractivity contribution is -0.140. The van der Waals surface area contributed by atoms with Crippen LogP contribution in [0, 0.1) is 0 Å². The first kappa shape index (κ1) is 36.6. The summed E-state index contributed by atoms with van der Waals surface area (Å²) in [6.07, 6.45) is 0.841. The van der Waals surface area contributed by atoms with Crippen molar-refractivity contribution < 1.29 is 27.5 Å². The van der Waals surface area contributed by atoms with Crippen molar-refractivity contribution in [3.63, 3.8) is 0 Å². The van der Waals surface area contributed by atoms with Crippen LogP contribution in [0.1, 0.15) is 31.4 Å². The Hall–Kier alpha value is -4.25. The smallest absolute Gasteiger partial charge is 0.264 e. The number of halogens is 2. The van der Waals surface area contributed by atoms with Gasteiger partial charge in [-0.15, -0.1) is 0 Å². The number of methoxy groups -OCH3 is 2. The van der Waals surface area contributed by atoms with Crippen molar-refractivity contribution in [2.45, 2.75) is 50.2 Å². The number of nitrogens with zero attached hydrogens (tertiary/aromatic N) is 2. The van der Waals surface area contributed by atoms with Gasteiger partial charge in [0, 0.05) is 25.1 Å². The van der Waals surface area contributed by atoms with Crippen LogP contribution in [-0.2, 0) is 32.6 Å². The Labute approximate surface area is 292 Å². The fraction of sp³-hybridized carbons (Fsp3) is 0.278. The number of sulfonamides is 1. The molecule has 0 bridgehead atoms. The molecule has 0 aliphatic rings. The third-order valence-electron chi connectivity index (χ3n) is 7.87. The van der Waals surface area contributed by atoms with Crippen LogP contribution in [0.5, 0.6) is 11.5 Å². The molecule has 48 heavy (non-hydrogen) atoms. The molecule has 0 saturated carbocycles. The number of nitrogens with one attached hydrogen (secondary N) is 1. The highest BCUT2D eigenvalue weighted by Gasteiger charge is 2.36. The Bertz CT molecular complexity index is 1810. The molecule has 4 rings (SSSR count). The highest BCUT2D eigenvalue weighted by atomic mass is 35.5. The van der Waals surface area contributed by atoms with E-state index in [-0.39, 0.29) is 46.3 Å². The summed E-state index contributed by atoms with van der Waals surface area (Å²) in [6.45, 7) is 3.11. The lowest BCUT2D eigenvalue weighted by Crippen LogP contribution is -2.54. The molecule has 2 atom stereocenters. The first-order valence-corrected chi connectivity index (χ1v) is 17.6. The van der Waals surface area contributed by atoms with Crippen LogP contribution >= 0.6 is 23.2 Å². The van der Waals surface area contributed by atoms with Crippen LogP contribution in [0.15, 0.2) is 102 Å². The molecule has 0 heterocycles. The number of rotatable bonds is 15. The zero-order chi connectivity index (χ0) is 34.8. The second-order valence-corrected chi connectivity index (χ2v) is 13.8. The molecule has 0 aromatic heterocycles. The molecule has 0 radical (unpaired) electrons. The van der Waals surface area contributed by atoms with E-state index in [4.69, 9.17) is 32.7 Å². The van der Waals surface area contributed by atoms with Gasteiger partial charge in [-0.25, -0.2) is 8.42 Å². The number of anilines is 1. The molecule has 0 aliphatic heterocycles. The summed E-state index contributed by atoms with van der Waals surface area (Å²) in [5.74, 6) is -0.452. The molecular weight excluding hydrogens is 673 g/mol. The maximum absolute atomic E-state index is 14.7. The standard InChI is InChI=1S/C36H39Cl2N3O6S/c1-5-25(2)39-36(43)33(21-26-12-8-6-9-13-26)40(23-27-16-18-30(37)31(38)20-27)35(42)24-41(48(44,45)29-14-10-7-11-15-29)32-22-28(46-3)17-19-34(32)47-4/h6-20,22,25,33H,5,21,23-24H2,1-4H3,(H,39,43)/t25-,33-/m1/s1. The maximum Gasteiger partial charge on any atom is 0.264 e. The van der Waals surface area contributed by atoms with Crippen molar-refractivity contribution in [1.82, 2.24) is 10.2 Å². The topological polar surface area (TPSA) is 105 Å². The minimum atomic E-state index is -4.34. The zero-order valence-corrected chi connectivity index (χ0v) is 29.6. The zero-order valence-electron chi connectivity index (χ0n) is 27.2. The van der Waals surface area contributed by atoms with Crippen LogP contribution in [0.3, 0.4) is 0 Å². The molecule has 2 amide bonds. The number of carbonyl (C=O) groups excluding carboxylic acids is 2. The molecule has 12 heteroatoms. The Balaban J connectivity index is 1.88. The third kappa shape index (κ3) is 9.00. The average Bonchev–Trinajstić information content (AvgIpc) is 3.10. The minimum absolute atomic E-state index is 0.0333. The van der Waals surface area contributed by atoms with Crippen molar-refractivity contribution >= 4 is 50.7 Å². The number of benzene rings is 4. The molecule has 0 saturated heterocycles. The van der Waals surface area contributed by atoms with E-state index in [1.807, 2.05) is 44.2 Å². The molecule has 1 N–H and O–H groups in total.